The highest BCUT2D eigenvalue weighted by Gasteiger charge is 2.18. The van der Waals surface area contributed by atoms with E-state index in [4.69, 9.17) is 9.47 Å². The first kappa shape index (κ1) is 19.1. The fourth-order valence-electron chi connectivity index (χ4n) is 3.87. The summed E-state index contributed by atoms with van der Waals surface area (Å²) in [5, 5.41) is 3.95. The van der Waals surface area contributed by atoms with Crippen LogP contribution in [0.5, 0.6) is 11.5 Å². The topological polar surface area (TPSA) is 80.4 Å². The predicted molar refractivity (Wildman–Crippen MR) is 113 cm³/mol. The number of pyridine rings is 1. The average molecular weight is 392 g/mol. The second-order valence-electron chi connectivity index (χ2n) is 7.01. The van der Waals surface area contributed by atoms with Crippen molar-refractivity contribution >= 4 is 22.5 Å². The number of aryl methyl sites for hydroxylation is 1. The number of anilines is 1. The fraction of sp³-hybridized carbons (Fsp3) is 0.304. The first-order chi connectivity index (χ1) is 14.1. The number of aromatic amines is 1. The molecule has 0 saturated carbocycles. The highest BCUT2D eigenvalue weighted by Crippen LogP contribution is 2.30. The molecular weight excluding hydrogens is 368 g/mol. The van der Waals surface area contributed by atoms with E-state index in [1.54, 1.807) is 18.2 Å². The zero-order valence-electron chi connectivity index (χ0n) is 16.6. The highest BCUT2D eigenvalue weighted by atomic mass is 16.5. The summed E-state index contributed by atoms with van der Waals surface area (Å²) in [6.07, 6.45) is 2.77. The number of ether oxygens (including phenoxy) is 2. The van der Waals surface area contributed by atoms with Crippen LogP contribution >= 0.6 is 0 Å². The normalized spacial score (nSPS) is 12.6. The minimum atomic E-state index is -0.253. The summed E-state index contributed by atoms with van der Waals surface area (Å²) in [4.78, 5) is 28.0. The van der Waals surface area contributed by atoms with Crippen LogP contribution < -0.4 is 20.3 Å². The van der Waals surface area contributed by atoms with E-state index in [1.165, 1.54) is 0 Å². The number of rotatable bonds is 6. The van der Waals surface area contributed by atoms with Crippen LogP contribution in [-0.4, -0.2) is 24.1 Å². The van der Waals surface area contributed by atoms with Gasteiger partial charge in [-0.05, 0) is 69.0 Å². The van der Waals surface area contributed by atoms with Crippen LogP contribution in [0.1, 0.15) is 41.8 Å². The Labute approximate surface area is 168 Å². The molecule has 0 radical (unpaired) electrons. The number of fused-ring (bicyclic) bond motifs is 3. The molecule has 1 aromatic heterocycles. The summed E-state index contributed by atoms with van der Waals surface area (Å²) in [5.74, 6) is 0.903. The molecule has 6 heteroatoms. The van der Waals surface area contributed by atoms with Crippen LogP contribution in [0.15, 0.2) is 41.2 Å². The van der Waals surface area contributed by atoms with Gasteiger partial charge >= 0.3 is 0 Å². The number of hydrogen-bond donors (Lipinski definition) is 2. The number of aromatic nitrogens is 1. The Balaban J connectivity index is 1.61. The molecule has 0 saturated heterocycles. The van der Waals surface area contributed by atoms with Gasteiger partial charge in [-0.3, -0.25) is 9.59 Å². The van der Waals surface area contributed by atoms with E-state index in [1.807, 2.05) is 32.0 Å². The SMILES string of the molecule is CCOc1ccc(C(=O)Nc2ccc3c4c(c(=O)[nH]c3c2)CCC4)cc1OCC. The lowest BCUT2D eigenvalue weighted by Gasteiger charge is -2.13. The van der Waals surface area contributed by atoms with Gasteiger partial charge in [0.05, 0.1) is 18.7 Å². The molecule has 6 nitrogen and oxygen atoms in total. The van der Waals surface area contributed by atoms with Crippen LogP contribution in [0, 0.1) is 0 Å². The monoisotopic (exact) mass is 392 g/mol. The molecule has 1 heterocycles. The van der Waals surface area contributed by atoms with Crippen molar-refractivity contribution in [3.05, 3.63) is 63.4 Å². The minimum absolute atomic E-state index is 0.0265. The van der Waals surface area contributed by atoms with E-state index in [-0.39, 0.29) is 11.5 Å². The Kier molecular flexibility index (Phi) is 5.25. The minimum Gasteiger partial charge on any atom is -0.490 e. The van der Waals surface area contributed by atoms with Crippen LogP contribution in [-0.2, 0) is 12.8 Å². The zero-order chi connectivity index (χ0) is 20.4. The second-order valence-corrected chi connectivity index (χ2v) is 7.01. The summed E-state index contributed by atoms with van der Waals surface area (Å²) in [5.41, 5.74) is 3.85. The summed E-state index contributed by atoms with van der Waals surface area (Å²) in [6.45, 7) is 4.78. The van der Waals surface area contributed by atoms with Crippen molar-refractivity contribution < 1.29 is 14.3 Å². The van der Waals surface area contributed by atoms with Crippen molar-refractivity contribution in [2.45, 2.75) is 33.1 Å². The van der Waals surface area contributed by atoms with E-state index >= 15 is 0 Å². The molecule has 0 bridgehead atoms. The molecule has 0 fully saturated rings. The maximum absolute atomic E-state index is 12.8. The highest BCUT2D eigenvalue weighted by molar-refractivity contribution is 6.05. The first-order valence-corrected chi connectivity index (χ1v) is 9.99. The number of amides is 1. The molecule has 0 atom stereocenters. The summed E-state index contributed by atoms with van der Waals surface area (Å²) in [7, 11) is 0. The number of carbonyl (C=O) groups excluding carboxylic acids is 1. The van der Waals surface area contributed by atoms with E-state index in [0.717, 1.165) is 41.3 Å². The summed E-state index contributed by atoms with van der Waals surface area (Å²) in [6, 6.07) is 10.8. The molecule has 0 spiro atoms. The average Bonchev–Trinajstić information content (AvgIpc) is 3.20. The lowest BCUT2D eigenvalue weighted by atomic mass is 10.1. The lowest BCUT2D eigenvalue weighted by molar-refractivity contribution is 0.102. The summed E-state index contributed by atoms with van der Waals surface area (Å²) >= 11 is 0. The van der Waals surface area contributed by atoms with Gasteiger partial charge in [-0.2, -0.15) is 0 Å². The fourth-order valence-corrected chi connectivity index (χ4v) is 3.87. The van der Waals surface area contributed by atoms with Gasteiger partial charge < -0.3 is 19.8 Å². The van der Waals surface area contributed by atoms with Crippen LogP contribution in [0.2, 0.25) is 0 Å². The molecule has 150 valence electrons. The number of carbonyl (C=O) groups is 1. The number of nitrogens with one attached hydrogen (secondary N) is 2. The Morgan fingerprint density at radius 2 is 1.76 bits per heavy atom. The molecule has 1 aliphatic carbocycles. The van der Waals surface area contributed by atoms with Crippen molar-refractivity contribution in [2.75, 3.05) is 18.5 Å². The smallest absolute Gasteiger partial charge is 0.255 e. The zero-order valence-corrected chi connectivity index (χ0v) is 16.6. The van der Waals surface area contributed by atoms with Crippen molar-refractivity contribution in [3.63, 3.8) is 0 Å². The molecule has 0 aliphatic heterocycles. The summed E-state index contributed by atoms with van der Waals surface area (Å²) < 4.78 is 11.1. The molecule has 4 rings (SSSR count). The van der Waals surface area contributed by atoms with Gasteiger partial charge in [0.1, 0.15) is 0 Å². The van der Waals surface area contributed by atoms with E-state index in [2.05, 4.69) is 10.3 Å². The van der Waals surface area contributed by atoms with Crippen LogP contribution in [0.3, 0.4) is 0 Å². The molecule has 0 unspecified atom stereocenters. The molecular formula is C23H24N2O4. The Hall–Kier alpha value is -3.28. The molecule has 1 aliphatic rings. The molecule has 2 aromatic carbocycles. The van der Waals surface area contributed by atoms with E-state index in [0.29, 0.717) is 36.0 Å². The van der Waals surface area contributed by atoms with Gasteiger partial charge in [0.25, 0.3) is 11.5 Å². The standard InChI is InChI=1S/C23H24N2O4/c1-3-28-20-11-8-14(12-21(20)29-4-2)22(26)24-15-9-10-17-16-6-5-7-18(16)23(27)25-19(17)13-15/h8-13H,3-7H2,1-2H3,(H,24,26)(H,25,27). The Morgan fingerprint density at radius 1 is 1.00 bits per heavy atom. The van der Waals surface area contributed by atoms with Gasteiger partial charge in [-0.15, -0.1) is 0 Å². The third kappa shape index (κ3) is 3.70. The third-order valence-electron chi connectivity index (χ3n) is 5.15. The molecule has 2 N–H and O–H groups in total. The number of hydrogen-bond acceptors (Lipinski definition) is 4. The molecule has 1 amide bonds. The maximum atomic E-state index is 12.8. The van der Waals surface area contributed by atoms with Crippen molar-refractivity contribution in [1.29, 1.82) is 0 Å². The second kappa shape index (κ2) is 7.99. The predicted octanol–water partition coefficient (Wildman–Crippen LogP) is 4.07. The van der Waals surface area contributed by atoms with Crippen molar-refractivity contribution in [3.8, 4) is 11.5 Å². The van der Waals surface area contributed by atoms with Crippen LogP contribution in [0.25, 0.3) is 10.9 Å². The molecule has 29 heavy (non-hydrogen) atoms. The van der Waals surface area contributed by atoms with Gasteiger partial charge in [0.2, 0.25) is 0 Å². The number of benzene rings is 2. The van der Waals surface area contributed by atoms with E-state index < -0.39 is 0 Å². The first-order valence-electron chi connectivity index (χ1n) is 9.99. The Bertz CT molecular complexity index is 1130. The van der Waals surface area contributed by atoms with Crippen LogP contribution in [0.4, 0.5) is 5.69 Å². The third-order valence-corrected chi connectivity index (χ3v) is 5.15. The quantitative estimate of drug-likeness (QED) is 0.663. The number of H-pyrrole nitrogens is 1. The van der Waals surface area contributed by atoms with Gasteiger partial charge in [-0.1, -0.05) is 6.07 Å². The van der Waals surface area contributed by atoms with Gasteiger partial charge in [0, 0.05) is 22.2 Å². The Morgan fingerprint density at radius 3 is 2.55 bits per heavy atom. The van der Waals surface area contributed by atoms with E-state index in [9.17, 15) is 9.59 Å². The maximum Gasteiger partial charge on any atom is 0.255 e. The lowest BCUT2D eigenvalue weighted by Crippen LogP contribution is -2.14. The van der Waals surface area contributed by atoms with Crippen molar-refractivity contribution in [1.82, 2.24) is 4.98 Å². The van der Waals surface area contributed by atoms with Gasteiger partial charge in [-0.25, -0.2) is 0 Å². The van der Waals surface area contributed by atoms with Gasteiger partial charge in [0.15, 0.2) is 11.5 Å². The largest absolute Gasteiger partial charge is 0.490 e. The molecule has 3 aromatic rings. The van der Waals surface area contributed by atoms with Crippen molar-refractivity contribution in [2.24, 2.45) is 0 Å².